The number of hydrogen-bond acceptors (Lipinski definition) is 5. The molecule has 6 heteroatoms. The minimum atomic E-state index is 0.0294. The van der Waals surface area contributed by atoms with Gasteiger partial charge in [-0.1, -0.05) is 12.8 Å². The van der Waals surface area contributed by atoms with Crippen molar-refractivity contribution in [3.8, 4) is 0 Å². The molecule has 0 radical (unpaired) electrons. The fourth-order valence-electron chi connectivity index (χ4n) is 2.50. The van der Waals surface area contributed by atoms with E-state index in [-0.39, 0.29) is 11.9 Å². The number of aromatic nitrogens is 1. The normalized spacial score (nSPS) is 20.6. The minimum absolute atomic E-state index is 0.0294. The van der Waals surface area contributed by atoms with Crippen LogP contribution in [-0.2, 0) is 17.1 Å². The molecule has 1 aromatic heterocycles. The molecule has 1 aliphatic heterocycles. The summed E-state index contributed by atoms with van der Waals surface area (Å²) < 4.78 is 0. The largest absolute Gasteiger partial charge is 0.349 e. The zero-order valence-corrected chi connectivity index (χ0v) is 13.9. The van der Waals surface area contributed by atoms with Gasteiger partial charge in [-0.05, 0) is 32.7 Å². The van der Waals surface area contributed by atoms with Crippen LogP contribution in [-0.4, -0.2) is 41.7 Å². The van der Waals surface area contributed by atoms with E-state index in [1.54, 1.807) is 23.1 Å². The van der Waals surface area contributed by atoms with Crippen LogP contribution in [0.1, 0.15) is 36.4 Å². The molecule has 1 fully saturated rings. The van der Waals surface area contributed by atoms with Crippen LogP contribution in [0.15, 0.2) is 5.38 Å². The Balaban J connectivity index is 1.83. The Bertz CT molecular complexity index is 436. The summed E-state index contributed by atoms with van der Waals surface area (Å²) in [7, 11) is 2.05. The number of likely N-dealkylation sites (tertiary alicyclic amines) is 1. The zero-order chi connectivity index (χ0) is 14.4. The van der Waals surface area contributed by atoms with Gasteiger partial charge >= 0.3 is 0 Å². The van der Waals surface area contributed by atoms with E-state index in [0.29, 0.717) is 6.54 Å². The van der Waals surface area contributed by atoms with Crippen LogP contribution in [0.25, 0.3) is 0 Å². The third kappa shape index (κ3) is 4.46. The van der Waals surface area contributed by atoms with Gasteiger partial charge in [0, 0.05) is 11.1 Å². The minimum Gasteiger partial charge on any atom is -0.349 e. The molecule has 2 heterocycles. The lowest BCUT2D eigenvalue weighted by Gasteiger charge is -2.24. The molecule has 0 spiro atoms. The Hall–Kier alpha value is -0.590. The van der Waals surface area contributed by atoms with Gasteiger partial charge in [0.25, 0.3) is 0 Å². The molecule has 20 heavy (non-hydrogen) atoms. The average molecular weight is 313 g/mol. The molecule has 1 aliphatic rings. The predicted molar refractivity (Wildman–Crippen MR) is 86.1 cm³/mol. The molecule has 1 saturated heterocycles. The standard InChI is InChI=1S/C14H23N3OS2/c1-17-7-5-3-4-6-12(17)14(18)15-8-11-9-20-13(16-11)10-19-2/h9,12H,3-8,10H2,1-2H3,(H,15,18). The predicted octanol–water partition coefficient (Wildman–Crippen LogP) is 2.50. The van der Waals surface area contributed by atoms with Crippen molar-refractivity contribution in [1.29, 1.82) is 0 Å². The van der Waals surface area contributed by atoms with E-state index < -0.39 is 0 Å². The Kier molecular flexibility index (Phi) is 6.32. The molecule has 0 bridgehead atoms. The van der Waals surface area contributed by atoms with Crippen molar-refractivity contribution in [2.45, 2.75) is 44.0 Å². The first-order valence-electron chi connectivity index (χ1n) is 7.11. The van der Waals surface area contributed by atoms with Gasteiger partial charge in [0.05, 0.1) is 18.3 Å². The molecule has 2 rings (SSSR count). The third-order valence-electron chi connectivity index (χ3n) is 3.63. The van der Waals surface area contributed by atoms with Crippen LogP contribution < -0.4 is 5.32 Å². The highest BCUT2D eigenvalue weighted by atomic mass is 32.2. The Morgan fingerprint density at radius 2 is 2.40 bits per heavy atom. The second-order valence-corrected chi connectivity index (χ2v) is 7.04. The first kappa shape index (κ1) is 15.8. The van der Waals surface area contributed by atoms with E-state index in [4.69, 9.17) is 0 Å². The maximum atomic E-state index is 12.3. The molecule has 4 nitrogen and oxygen atoms in total. The maximum Gasteiger partial charge on any atom is 0.237 e. The van der Waals surface area contributed by atoms with E-state index in [1.165, 1.54) is 12.8 Å². The molecule has 1 unspecified atom stereocenters. The zero-order valence-electron chi connectivity index (χ0n) is 12.2. The highest BCUT2D eigenvalue weighted by molar-refractivity contribution is 7.97. The summed E-state index contributed by atoms with van der Waals surface area (Å²) in [6.45, 7) is 1.57. The van der Waals surface area contributed by atoms with Crippen molar-refractivity contribution in [3.63, 3.8) is 0 Å². The number of likely N-dealkylation sites (N-methyl/N-ethyl adjacent to an activating group) is 1. The summed E-state index contributed by atoms with van der Waals surface area (Å²) in [6.07, 6.45) is 6.63. The van der Waals surface area contributed by atoms with Crippen LogP contribution >= 0.6 is 23.1 Å². The van der Waals surface area contributed by atoms with Crippen molar-refractivity contribution in [3.05, 3.63) is 16.1 Å². The molecule has 1 amide bonds. The van der Waals surface area contributed by atoms with Gasteiger partial charge in [0.15, 0.2) is 0 Å². The first-order chi connectivity index (χ1) is 9.70. The van der Waals surface area contributed by atoms with Gasteiger partial charge in [-0.25, -0.2) is 4.98 Å². The van der Waals surface area contributed by atoms with Gasteiger partial charge < -0.3 is 5.32 Å². The smallest absolute Gasteiger partial charge is 0.237 e. The van der Waals surface area contributed by atoms with Gasteiger partial charge in [0.1, 0.15) is 5.01 Å². The van der Waals surface area contributed by atoms with Crippen molar-refractivity contribution < 1.29 is 4.79 Å². The maximum absolute atomic E-state index is 12.3. The van der Waals surface area contributed by atoms with Crippen molar-refractivity contribution >= 4 is 29.0 Å². The lowest BCUT2D eigenvalue weighted by molar-refractivity contribution is -0.126. The topological polar surface area (TPSA) is 45.2 Å². The molecule has 112 valence electrons. The lowest BCUT2D eigenvalue weighted by Crippen LogP contribution is -2.44. The number of thiazole rings is 1. The highest BCUT2D eigenvalue weighted by Gasteiger charge is 2.24. The number of hydrogen-bond donors (Lipinski definition) is 1. The molecule has 0 aliphatic carbocycles. The summed E-state index contributed by atoms with van der Waals surface area (Å²) in [4.78, 5) is 19.0. The molecule has 0 aromatic carbocycles. The van der Waals surface area contributed by atoms with Crippen LogP contribution in [0.2, 0.25) is 0 Å². The van der Waals surface area contributed by atoms with Gasteiger partial charge in [-0.15, -0.1) is 11.3 Å². The lowest BCUT2D eigenvalue weighted by atomic mass is 10.1. The number of thioether (sulfide) groups is 1. The Labute approximate surface area is 129 Å². The van der Waals surface area contributed by atoms with E-state index in [1.807, 2.05) is 5.38 Å². The molecular weight excluding hydrogens is 290 g/mol. The quantitative estimate of drug-likeness (QED) is 0.907. The second-order valence-electron chi connectivity index (χ2n) is 5.23. The third-order valence-corrected chi connectivity index (χ3v) is 5.28. The van der Waals surface area contributed by atoms with Crippen LogP contribution in [0, 0.1) is 0 Å². The molecule has 1 N–H and O–H groups in total. The first-order valence-corrected chi connectivity index (χ1v) is 9.38. The fourth-order valence-corrected chi connectivity index (χ4v) is 4.01. The van der Waals surface area contributed by atoms with Crippen LogP contribution in [0.4, 0.5) is 0 Å². The summed E-state index contributed by atoms with van der Waals surface area (Å²) in [5.74, 6) is 1.10. The number of nitrogens with one attached hydrogen (secondary N) is 1. The fraction of sp³-hybridized carbons (Fsp3) is 0.714. The molecule has 1 atom stereocenters. The number of rotatable bonds is 5. The van der Waals surface area contributed by atoms with Crippen LogP contribution in [0.5, 0.6) is 0 Å². The Morgan fingerprint density at radius 3 is 3.20 bits per heavy atom. The summed E-state index contributed by atoms with van der Waals surface area (Å²) in [5, 5.41) is 6.22. The van der Waals surface area contributed by atoms with Gasteiger partial charge in [-0.3, -0.25) is 9.69 Å². The SMILES string of the molecule is CSCc1nc(CNC(=O)C2CCCCCN2C)cs1. The average Bonchev–Trinajstić information content (AvgIpc) is 2.77. The summed E-state index contributed by atoms with van der Waals surface area (Å²) in [5.41, 5.74) is 0.976. The highest BCUT2D eigenvalue weighted by Crippen LogP contribution is 2.17. The van der Waals surface area contributed by atoms with E-state index >= 15 is 0 Å². The molecule has 0 saturated carbocycles. The monoisotopic (exact) mass is 313 g/mol. The summed E-state index contributed by atoms with van der Waals surface area (Å²) in [6, 6.07) is 0.0294. The van der Waals surface area contributed by atoms with Gasteiger partial charge in [0.2, 0.25) is 5.91 Å². The van der Waals surface area contributed by atoms with Crippen LogP contribution in [0.3, 0.4) is 0 Å². The molecular formula is C14H23N3OS2. The van der Waals surface area contributed by atoms with E-state index in [0.717, 1.165) is 35.8 Å². The van der Waals surface area contributed by atoms with Crippen molar-refractivity contribution in [2.24, 2.45) is 0 Å². The number of carbonyl (C=O) groups excluding carboxylic acids is 1. The number of carbonyl (C=O) groups is 1. The number of amides is 1. The summed E-state index contributed by atoms with van der Waals surface area (Å²) >= 11 is 3.44. The van der Waals surface area contributed by atoms with E-state index in [2.05, 4.69) is 28.5 Å². The molecule has 1 aromatic rings. The Morgan fingerprint density at radius 1 is 1.55 bits per heavy atom. The number of nitrogens with zero attached hydrogens (tertiary/aromatic N) is 2. The van der Waals surface area contributed by atoms with Gasteiger partial charge in [-0.2, -0.15) is 11.8 Å². The second kappa shape index (κ2) is 8.00. The van der Waals surface area contributed by atoms with Crippen molar-refractivity contribution in [2.75, 3.05) is 19.8 Å². The van der Waals surface area contributed by atoms with Crippen molar-refractivity contribution in [1.82, 2.24) is 15.2 Å². The van der Waals surface area contributed by atoms with E-state index in [9.17, 15) is 4.79 Å².